The second-order valence-electron chi connectivity index (χ2n) is 1.90. The summed E-state index contributed by atoms with van der Waals surface area (Å²) in [5.74, 6) is -0.260. The van der Waals surface area contributed by atoms with Gasteiger partial charge in [-0.05, 0) is 6.08 Å². The van der Waals surface area contributed by atoms with Crippen LogP contribution >= 0.6 is 0 Å². The van der Waals surface area contributed by atoms with E-state index in [-0.39, 0.29) is 12.4 Å². The van der Waals surface area contributed by atoms with Crippen LogP contribution in [0.5, 0.6) is 0 Å². The highest BCUT2D eigenvalue weighted by Crippen LogP contribution is 2.03. The van der Waals surface area contributed by atoms with Gasteiger partial charge >= 0.3 is 5.97 Å². The molecule has 1 rings (SSSR count). The minimum Gasteiger partial charge on any atom is -0.469 e. The Morgan fingerprint density at radius 2 is 2.80 bits per heavy atom. The molecule has 0 aromatic heterocycles. The number of nitrogens with one attached hydrogen (secondary N) is 1. The third-order valence-corrected chi connectivity index (χ3v) is 1.18. The summed E-state index contributed by atoms with van der Waals surface area (Å²) in [7, 11) is 1.36. The van der Waals surface area contributed by atoms with Gasteiger partial charge in [0.1, 0.15) is 0 Å². The van der Waals surface area contributed by atoms with Gasteiger partial charge in [-0.1, -0.05) is 0 Å². The van der Waals surface area contributed by atoms with E-state index in [0.717, 1.165) is 5.70 Å². The molecule has 56 valence electrons. The molecule has 4 nitrogen and oxygen atoms in total. The van der Waals surface area contributed by atoms with Gasteiger partial charge in [-0.2, -0.15) is 0 Å². The van der Waals surface area contributed by atoms with E-state index in [0.29, 0.717) is 6.61 Å². The van der Waals surface area contributed by atoms with Gasteiger partial charge in [-0.15, -0.1) is 0 Å². The van der Waals surface area contributed by atoms with Crippen molar-refractivity contribution in [2.45, 2.75) is 6.42 Å². The van der Waals surface area contributed by atoms with Crippen molar-refractivity contribution >= 4 is 5.97 Å². The van der Waals surface area contributed by atoms with Gasteiger partial charge in [0.15, 0.2) is 0 Å². The maximum absolute atomic E-state index is 10.6. The number of ether oxygens (including phenoxy) is 1. The largest absolute Gasteiger partial charge is 0.469 e. The third kappa shape index (κ3) is 1.73. The molecule has 0 amide bonds. The minimum atomic E-state index is -0.260. The Hall–Kier alpha value is -1.03. The lowest BCUT2D eigenvalue weighted by Crippen LogP contribution is -2.11. The standard InChI is InChI=1S/C6H9NO3/c1-9-6(8)4-5-2-3-10-7-5/h2,7H,3-4H2,1H3. The van der Waals surface area contributed by atoms with E-state index in [1.54, 1.807) is 6.08 Å². The first kappa shape index (κ1) is 7.08. The van der Waals surface area contributed by atoms with Gasteiger partial charge in [-0.25, -0.2) is 0 Å². The summed E-state index contributed by atoms with van der Waals surface area (Å²) in [6.07, 6.45) is 2.06. The van der Waals surface area contributed by atoms with E-state index in [1.165, 1.54) is 7.11 Å². The van der Waals surface area contributed by atoms with Gasteiger partial charge in [0, 0.05) is 5.70 Å². The highest BCUT2D eigenvalue weighted by Gasteiger charge is 2.08. The van der Waals surface area contributed by atoms with Gasteiger partial charge in [0.2, 0.25) is 0 Å². The first-order valence-corrected chi connectivity index (χ1v) is 2.96. The molecule has 1 aliphatic heterocycles. The first-order valence-electron chi connectivity index (χ1n) is 2.96. The average molecular weight is 143 g/mol. The third-order valence-electron chi connectivity index (χ3n) is 1.18. The fourth-order valence-electron chi connectivity index (χ4n) is 0.654. The fraction of sp³-hybridized carbons (Fsp3) is 0.500. The van der Waals surface area contributed by atoms with Crippen LogP contribution in [0.4, 0.5) is 0 Å². The summed E-state index contributed by atoms with van der Waals surface area (Å²) in [6, 6.07) is 0. The van der Waals surface area contributed by atoms with Crippen molar-refractivity contribution in [3.05, 3.63) is 11.8 Å². The van der Waals surface area contributed by atoms with Crippen LogP contribution in [0.2, 0.25) is 0 Å². The van der Waals surface area contributed by atoms with E-state index < -0.39 is 0 Å². The van der Waals surface area contributed by atoms with Gasteiger partial charge in [0.25, 0.3) is 0 Å². The molecular formula is C6H9NO3. The van der Waals surface area contributed by atoms with Crippen molar-refractivity contribution in [3.8, 4) is 0 Å². The zero-order chi connectivity index (χ0) is 7.40. The molecule has 0 spiro atoms. The van der Waals surface area contributed by atoms with Gasteiger partial charge in [0.05, 0.1) is 20.1 Å². The maximum atomic E-state index is 10.6. The molecule has 0 bridgehead atoms. The lowest BCUT2D eigenvalue weighted by molar-refractivity contribution is -0.140. The summed E-state index contributed by atoms with van der Waals surface area (Å²) in [5, 5.41) is 0. The smallest absolute Gasteiger partial charge is 0.311 e. The molecule has 0 fully saturated rings. The van der Waals surface area contributed by atoms with Crippen LogP contribution in [0.3, 0.4) is 0 Å². The van der Waals surface area contributed by atoms with E-state index in [9.17, 15) is 4.79 Å². The van der Waals surface area contributed by atoms with Crippen LogP contribution in [-0.4, -0.2) is 19.7 Å². The van der Waals surface area contributed by atoms with Crippen LogP contribution in [0, 0.1) is 0 Å². The second-order valence-corrected chi connectivity index (χ2v) is 1.90. The van der Waals surface area contributed by atoms with Crippen molar-refractivity contribution in [3.63, 3.8) is 0 Å². The number of hydroxylamine groups is 1. The topological polar surface area (TPSA) is 47.6 Å². The van der Waals surface area contributed by atoms with E-state index in [1.807, 2.05) is 0 Å². The molecule has 0 unspecified atom stereocenters. The van der Waals surface area contributed by atoms with Crippen LogP contribution in [0.1, 0.15) is 6.42 Å². The molecule has 0 aromatic rings. The van der Waals surface area contributed by atoms with Crippen molar-refractivity contribution in [2.24, 2.45) is 0 Å². The van der Waals surface area contributed by atoms with Crippen LogP contribution in [-0.2, 0) is 14.4 Å². The Balaban J connectivity index is 2.30. The Morgan fingerprint density at radius 3 is 3.30 bits per heavy atom. The Bertz CT molecular complexity index is 164. The number of hydrogen-bond donors (Lipinski definition) is 1. The summed E-state index contributed by atoms with van der Waals surface area (Å²) >= 11 is 0. The summed E-state index contributed by atoms with van der Waals surface area (Å²) in [4.78, 5) is 15.4. The van der Waals surface area contributed by atoms with Gasteiger partial charge < -0.3 is 4.74 Å². The Kier molecular flexibility index (Phi) is 2.28. The summed E-state index contributed by atoms with van der Waals surface area (Å²) < 4.78 is 4.44. The zero-order valence-electron chi connectivity index (χ0n) is 5.72. The van der Waals surface area contributed by atoms with Gasteiger partial charge in [-0.3, -0.25) is 15.1 Å². The molecule has 1 aliphatic rings. The zero-order valence-corrected chi connectivity index (χ0v) is 5.72. The summed E-state index contributed by atoms with van der Waals surface area (Å²) in [5.41, 5.74) is 3.35. The van der Waals surface area contributed by atoms with Crippen LogP contribution in [0.15, 0.2) is 11.8 Å². The lowest BCUT2D eigenvalue weighted by Gasteiger charge is -1.99. The normalized spacial score (nSPS) is 15.9. The van der Waals surface area contributed by atoms with E-state index in [2.05, 4.69) is 10.2 Å². The molecule has 1 N–H and O–H groups in total. The number of carbonyl (C=O) groups is 1. The number of esters is 1. The molecule has 0 saturated heterocycles. The molecule has 0 radical (unpaired) electrons. The SMILES string of the molecule is COC(=O)CC1=CCON1. The molecule has 10 heavy (non-hydrogen) atoms. The van der Waals surface area contributed by atoms with Crippen LogP contribution in [0.25, 0.3) is 0 Å². The molecule has 0 saturated carbocycles. The average Bonchev–Trinajstić information content (AvgIpc) is 2.40. The van der Waals surface area contributed by atoms with Crippen molar-refractivity contribution in [2.75, 3.05) is 13.7 Å². The first-order chi connectivity index (χ1) is 4.83. The maximum Gasteiger partial charge on any atom is 0.311 e. The lowest BCUT2D eigenvalue weighted by atomic mass is 10.3. The van der Waals surface area contributed by atoms with Crippen molar-refractivity contribution < 1.29 is 14.4 Å². The van der Waals surface area contributed by atoms with Crippen LogP contribution < -0.4 is 5.48 Å². The predicted octanol–water partition coefficient (Wildman–Crippen LogP) is -0.0318. The number of hydrogen-bond acceptors (Lipinski definition) is 4. The number of methoxy groups -OCH3 is 1. The molecule has 4 heteroatoms. The molecule has 1 heterocycles. The molecular weight excluding hydrogens is 134 g/mol. The Labute approximate surface area is 58.8 Å². The molecule has 0 aromatic carbocycles. The molecule has 0 atom stereocenters. The predicted molar refractivity (Wildman–Crippen MR) is 33.8 cm³/mol. The number of carbonyl (C=O) groups excluding carboxylic acids is 1. The fourth-order valence-corrected chi connectivity index (χ4v) is 0.654. The molecule has 0 aliphatic carbocycles. The number of rotatable bonds is 2. The van der Waals surface area contributed by atoms with E-state index in [4.69, 9.17) is 4.84 Å². The van der Waals surface area contributed by atoms with Crippen molar-refractivity contribution in [1.29, 1.82) is 0 Å². The minimum absolute atomic E-state index is 0.260. The highest BCUT2D eigenvalue weighted by atomic mass is 16.6. The summed E-state index contributed by atoms with van der Waals surface area (Å²) in [6.45, 7) is 0.520. The van der Waals surface area contributed by atoms with E-state index >= 15 is 0 Å². The Morgan fingerprint density at radius 1 is 2.00 bits per heavy atom. The van der Waals surface area contributed by atoms with Crippen molar-refractivity contribution in [1.82, 2.24) is 5.48 Å². The second kappa shape index (κ2) is 3.22. The quantitative estimate of drug-likeness (QED) is 0.551. The highest BCUT2D eigenvalue weighted by molar-refractivity contribution is 5.72. The monoisotopic (exact) mass is 143 g/mol.